The van der Waals surface area contributed by atoms with Gasteiger partial charge in [-0.2, -0.15) is 0 Å². The molecule has 1 aliphatic heterocycles. The van der Waals surface area contributed by atoms with Gasteiger partial charge in [0.05, 0.1) is 26.7 Å². The van der Waals surface area contributed by atoms with E-state index in [1.165, 1.54) is 17.4 Å². The number of amides is 1. The van der Waals surface area contributed by atoms with Crippen LogP contribution in [0.2, 0.25) is 0 Å². The van der Waals surface area contributed by atoms with Crippen molar-refractivity contribution in [3.63, 3.8) is 0 Å². The molecular weight excluding hydrogens is 607 g/mol. The molecule has 1 amide bonds. The maximum atomic E-state index is 15.0. The molecule has 46 heavy (non-hydrogen) atoms. The molecule has 0 radical (unpaired) electrons. The summed E-state index contributed by atoms with van der Waals surface area (Å²) in [5.74, 6) is -0.0265. The third kappa shape index (κ3) is 7.94. The van der Waals surface area contributed by atoms with Gasteiger partial charge in [-0.15, -0.1) is 11.3 Å². The summed E-state index contributed by atoms with van der Waals surface area (Å²) in [5, 5.41) is 0. The van der Waals surface area contributed by atoms with Crippen molar-refractivity contribution in [3.8, 4) is 22.1 Å². The van der Waals surface area contributed by atoms with E-state index in [1.54, 1.807) is 43.1 Å². The van der Waals surface area contributed by atoms with Crippen LogP contribution in [0.4, 0.5) is 4.39 Å². The van der Waals surface area contributed by atoms with E-state index in [0.717, 1.165) is 52.3 Å². The van der Waals surface area contributed by atoms with E-state index in [1.807, 2.05) is 24.4 Å². The van der Waals surface area contributed by atoms with E-state index in [0.29, 0.717) is 43.3 Å². The first-order valence-corrected chi connectivity index (χ1v) is 16.5. The highest BCUT2D eigenvalue weighted by Crippen LogP contribution is 2.39. The number of hydrogen-bond acceptors (Lipinski definition) is 9. The monoisotopic (exact) mass is 644 g/mol. The summed E-state index contributed by atoms with van der Waals surface area (Å²) in [6, 6.07) is 12.4. The van der Waals surface area contributed by atoms with Gasteiger partial charge in [0.25, 0.3) is 5.91 Å². The Bertz CT molecular complexity index is 1730. The van der Waals surface area contributed by atoms with Crippen molar-refractivity contribution in [3.05, 3.63) is 71.8 Å². The summed E-state index contributed by atoms with van der Waals surface area (Å²) in [4.78, 5) is 50.4. The molecule has 2 fully saturated rings. The summed E-state index contributed by atoms with van der Waals surface area (Å²) in [6.45, 7) is 6.58. The van der Waals surface area contributed by atoms with Crippen LogP contribution in [0.1, 0.15) is 44.2 Å². The van der Waals surface area contributed by atoms with Gasteiger partial charge in [0.2, 0.25) is 0 Å². The highest BCUT2D eigenvalue weighted by Gasteiger charge is 2.25. The molecule has 11 heteroatoms. The van der Waals surface area contributed by atoms with E-state index in [2.05, 4.69) is 9.88 Å². The predicted molar refractivity (Wildman–Crippen MR) is 173 cm³/mol. The number of benzene rings is 1. The lowest BCUT2D eigenvalue weighted by atomic mass is 10.0. The number of nitrogens with zero attached hydrogens (tertiary/aromatic N) is 4. The lowest BCUT2D eigenvalue weighted by molar-refractivity contribution is -0.155. The van der Waals surface area contributed by atoms with Gasteiger partial charge in [0, 0.05) is 64.0 Å². The smallest absolute Gasteiger partial charge is 0.308 e. The Labute approximate surface area is 271 Å². The van der Waals surface area contributed by atoms with Gasteiger partial charge in [0.1, 0.15) is 11.5 Å². The van der Waals surface area contributed by atoms with Crippen molar-refractivity contribution in [2.75, 3.05) is 32.8 Å². The minimum absolute atomic E-state index is 0.100. The molecule has 2 aliphatic rings. The van der Waals surface area contributed by atoms with Crippen LogP contribution in [-0.2, 0) is 32.1 Å². The first-order valence-electron chi connectivity index (χ1n) is 15.7. The lowest BCUT2D eigenvalue weighted by Crippen LogP contribution is -2.49. The number of ketones is 1. The van der Waals surface area contributed by atoms with Gasteiger partial charge in [-0.25, -0.2) is 4.39 Å². The summed E-state index contributed by atoms with van der Waals surface area (Å²) in [7, 11) is 0. The quantitative estimate of drug-likeness (QED) is 0.172. The number of hydrogen-bond donors (Lipinski definition) is 0. The molecule has 1 aliphatic carbocycles. The van der Waals surface area contributed by atoms with Gasteiger partial charge in [-0.05, 0) is 54.2 Å². The molecule has 4 aromatic rings. The molecule has 1 aromatic carbocycles. The average Bonchev–Trinajstić information content (AvgIpc) is 3.75. The molecule has 6 rings (SSSR count). The van der Waals surface area contributed by atoms with Crippen LogP contribution >= 0.6 is 11.3 Å². The second-order valence-corrected chi connectivity index (χ2v) is 13.4. The number of esters is 1. The van der Waals surface area contributed by atoms with Crippen LogP contribution in [0.25, 0.3) is 20.8 Å². The molecule has 1 saturated heterocycles. The number of carbonyl (C=O) groups is 3. The van der Waals surface area contributed by atoms with Crippen LogP contribution in [0.5, 0.6) is 11.5 Å². The molecule has 0 atom stereocenters. The van der Waals surface area contributed by atoms with Gasteiger partial charge in [0.15, 0.2) is 18.2 Å². The number of thiophene rings is 1. The second kappa shape index (κ2) is 14.0. The number of aromatic nitrogens is 2. The number of ether oxygens (including phenoxy) is 2. The predicted octanol–water partition coefficient (Wildman–Crippen LogP) is 6.04. The molecule has 3 aromatic heterocycles. The van der Waals surface area contributed by atoms with Crippen molar-refractivity contribution in [2.45, 2.75) is 46.1 Å². The Kier molecular flexibility index (Phi) is 9.70. The number of Topliss-reactive ketones (excluding diaryl/α,β-unsaturated/α-hetero) is 1. The molecule has 0 N–H and O–H groups in total. The fourth-order valence-electron chi connectivity index (χ4n) is 5.39. The minimum Gasteiger partial charge on any atom is -0.455 e. The number of carbonyl (C=O) groups excluding carboxylic acids is 3. The molecule has 1 saturated carbocycles. The number of piperazine rings is 1. The van der Waals surface area contributed by atoms with Crippen LogP contribution in [0.15, 0.2) is 54.9 Å². The van der Waals surface area contributed by atoms with Crippen molar-refractivity contribution in [1.82, 2.24) is 19.8 Å². The Morgan fingerprint density at radius 1 is 0.978 bits per heavy atom. The number of fused-ring (bicyclic) bond motifs is 1. The topological polar surface area (TPSA) is 102 Å². The zero-order valence-corrected chi connectivity index (χ0v) is 26.9. The van der Waals surface area contributed by atoms with Crippen molar-refractivity contribution < 1.29 is 28.2 Å². The molecule has 240 valence electrons. The van der Waals surface area contributed by atoms with Crippen molar-refractivity contribution >= 4 is 39.2 Å². The Balaban J connectivity index is 1.05. The maximum Gasteiger partial charge on any atom is 0.308 e. The third-order valence-corrected chi connectivity index (χ3v) is 9.39. The molecule has 0 bridgehead atoms. The summed E-state index contributed by atoms with van der Waals surface area (Å²) >= 11 is 1.48. The second-order valence-electron chi connectivity index (χ2n) is 12.3. The highest BCUT2D eigenvalue weighted by atomic mass is 32.1. The molecule has 9 nitrogen and oxygen atoms in total. The highest BCUT2D eigenvalue weighted by molar-refractivity contribution is 7.22. The van der Waals surface area contributed by atoms with Crippen LogP contribution in [-0.4, -0.2) is 70.2 Å². The van der Waals surface area contributed by atoms with E-state index in [9.17, 15) is 18.8 Å². The van der Waals surface area contributed by atoms with Crippen LogP contribution in [0.3, 0.4) is 0 Å². The van der Waals surface area contributed by atoms with Crippen molar-refractivity contribution in [2.24, 2.45) is 11.8 Å². The number of halogens is 1. The zero-order chi connectivity index (χ0) is 32.2. The fourth-order valence-corrected chi connectivity index (χ4v) is 6.43. The van der Waals surface area contributed by atoms with E-state index >= 15 is 0 Å². The largest absolute Gasteiger partial charge is 0.455 e. The van der Waals surface area contributed by atoms with Crippen LogP contribution < -0.4 is 4.74 Å². The SMILES string of the molecule is CC(C)C(=O)OCC(=O)N1CCN(Cc2ccc(-c3cc4nccc(Oc5ccc(CC(=O)CC6CC6)cc5F)c4s3)nc2)CC1. The van der Waals surface area contributed by atoms with E-state index in [-0.39, 0.29) is 42.4 Å². The first-order chi connectivity index (χ1) is 22.2. The molecule has 0 spiro atoms. The standard InChI is InChI=1S/C35H37FN4O5S/c1-22(2)35(43)44-21-33(42)40-13-11-39(12-14-40)20-25-5-7-28(38-19-25)32-18-29-34(46-32)31(9-10-37-29)45-30-8-6-24(17-27(30)36)16-26(41)15-23-3-4-23/h5-10,17-19,22-23H,3-4,11-16,20-21H2,1-2H3. The van der Waals surface area contributed by atoms with Gasteiger partial charge in [-0.3, -0.25) is 29.3 Å². The fraction of sp³-hybridized carbons (Fsp3) is 0.400. The Hall–Kier alpha value is -4.22. The van der Waals surface area contributed by atoms with Gasteiger partial charge in [-0.1, -0.05) is 26.0 Å². The molecular formula is C35H37FN4O5S. The first kappa shape index (κ1) is 31.7. The summed E-state index contributed by atoms with van der Waals surface area (Å²) in [5.41, 5.74) is 3.25. The molecule has 4 heterocycles. The Morgan fingerprint density at radius 3 is 2.46 bits per heavy atom. The number of rotatable bonds is 12. The van der Waals surface area contributed by atoms with E-state index in [4.69, 9.17) is 14.5 Å². The zero-order valence-electron chi connectivity index (χ0n) is 26.0. The summed E-state index contributed by atoms with van der Waals surface area (Å²) in [6.07, 6.45) is 6.55. The number of pyridine rings is 2. The maximum absolute atomic E-state index is 15.0. The average molecular weight is 645 g/mol. The van der Waals surface area contributed by atoms with Gasteiger partial charge < -0.3 is 14.4 Å². The van der Waals surface area contributed by atoms with E-state index < -0.39 is 5.82 Å². The third-order valence-electron chi connectivity index (χ3n) is 8.22. The van der Waals surface area contributed by atoms with Crippen molar-refractivity contribution in [1.29, 1.82) is 0 Å². The minimum atomic E-state index is -0.504. The summed E-state index contributed by atoms with van der Waals surface area (Å²) < 4.78 is 26.9. The normalized spacial score (nSPS) is 15.3. The Morgan fingerprint density at radius 2 is 1.76 bits per heavy atom. The lowest BCUT2D eigenvalue weighted by Gasteiger charge is -2.34. The molecule has 0 unspecified atom stereocenters. The van der Waals surface area contributed by atoms with Gasteiger partial charge >= 0.3 is 5.97 Å². The van der Waals surface area contributed by atoms with Crippen LogP contribution in [0, 0.1) is 17.7 Å².